The first-order valence-electron chi connectivity index (χ1n) is 10.5. The fraction of sp³-hybridized carbons (Fsp3) is 0.850. The number of carbonyl (C=O) groups excluding carboxylic acids is 2. The zero-order valence-electron chi connectivity index (χ0n) is 17.8. The van der Waals surface area contributed by atoms with Crippen molar-refractivity contribution >= 4 is 18.0 Å². The molecule has 1 unspecified atom stereocenters. The van der Waals surface area contributed by atoms with E-state index >= 15 is 0 Å². The van der Waals surface area contributed by atoms with Crippen molar-refractivity contribution in [1.29, 1.82) is 0 Å². The average molecular weight is 397 g/mol. The Labute approximate surface area is 168 Å². The normalized spacial score (nSPS) is 19.1. The lowest BCUT2D eigenvalue weighted by Crippen LogP contribution is -2.57. The third-order valence-electron chi connectivity index (χ3n) is 4.75. The highest BCUT2D eigenvalue weighted by molar-refractivity contribution is 5.82. The molecule has 0 bridgehead atoms. The second kappa shape index (κ2) is 10.5. The monoisotopic (exact) mass is 396 g/mol. The van der Waals surface area contributed by atoms with Gasteiger partial charge in [0.1, 0.15) is 5.60 Å². The molecular formula is C20H36N4O4. The van der Waals surface area contributed by atoms with Gasteiger partial charge in [0.15, 0.2) is 5.96 Å². The predicted molar refractivity (Wildman–Crippen MR) is 108 cm³/mol. The number of amides is 1. The van der Waals surface area contributed by atoms with Gasteiger partial charge in [-0.05, 0) is 40.5 Å². The van der Waals surface area contributed by atoms with Gasteiger partial charge in [-0.15, -0.1) is 0 Å². The fourth-order valence-corrected chi connectivity index (χ4v) is 3.40. The number of hydrogen-bond acceptors (Lipinski definition) is 7. The highest BCUT2D eigenvalue weighted by Crippen LogP contribution is 2.18. The molecule has 0 aliphatic carbocycles. The summed E-state index contributed by atoms with van der Waals surface area (Å²) in [5.74, 6) is 0.845. The van der Waals surface area contributed by atoms with Gasteiger partial charge in [-0.3, -0.25) is 9.79 Å². The van der Waals surface area contributed by atoms with Crippen LogP contribution in [0.4, 0.5) is 4.79 Å². The number of rotatable bonds is 8. The van der Waals surface area contributed by atoms with Crippen LogP contribution in [-0.2, 0) is 14.3 Å². The van der Waals surface area contributed by atoms with Crippen LogP contribution in [0.3, 0.4) is 0 Å². The second-order valence-electron chi connectivity index (χ2n) is 8.33. The summed E-state index contributed by atoms with van der Waals surface area (Å²) in [5.41, 5.74) is -0.469. The minimum absolute atomic E-state index is 0.0995. The zero-order chi connectivity index (χ0) is 20.6. The van der Waals surface area contributed by atoms with Crippen LogP contribution in [0.5, 0.6) is 0 Å². The molecule has 1 atom stereocenters. The van der Waals surface area contributed by atoms with E-state index in [0.29, 0.717) is 32.7 Å². The molecule has 1 amide bonds. The number of nitrogens with zero attached hydrogens (tertiary/aromatic N) is 3. The summed E-state index contributed by atoms with van der Waals surface area (Å²) in [6, 6.07) is 0.230. The van der Waals surface area contributed by atoms with Crippen LogP contribution in [0.1, 0.15) is 59.8 Å². The lowest BCUT2D eigenvalue weighted by atomic mass is 10.1. The number of piperazine rings is 1. The molecule has 160 valence electrons. The van der Waals surface area contributed by atoms with E-state index in [-0.39, 0.29) is 18.1 Å². The Morgan fingerprint density at radius 2 is 1.93 bits per heavy atom. The van der Waals surface area contributed by atoms with Gasteiger partial charge in [0.05, 0.1) is 19.2 Å². The molecule has 2 heterocycles. The quantitative estimate of drug-likeness (QED) is 0.501. The molecule has 0 aromatic carbocycles. The molecule has 0 aromatic rings. The Balaban J connectivity index is 1.60. The van der Waals surface area contributed by atoms with E-state index in [1.165, 1.54) is 0 Å². The SMILES string of the molecule is CCOC(=O)CCCCCCNC1=NCC2CN(C(=O)OC(C)(C)C)CCN12. The number of nitrogens with one attached hydrogen (secondary N) is 1. The van der Waals surface area contributed by atoms with E-state index in [2.05, 4.69) is 15.2 Å². The van der Waals surface area contributed by atoms with E-state index < -0.39 is 5.60 Å². The largest absolute Gasteiger partial charge is 0.466 e. The maximum absolute atomic E-state index is 12.3. The summed E-state index contributed by atoms with van der Waals surface area (Å²) < 4.78 is 10.4. The first-order valence-corrected chi connectivity index (χ1v) is 10.5. The van der Waals surface area contributed by atoms with E-state index in [0.717, 1.165) is 44.7 Å². The molecule has 0 aromatic heterocycles. The van der Waals surface area contributed by atoms with Crippen molar-refractivity contribution in [3.05, 3.63) is 0 Å². The maximum atomic E-state index is 12.3. The summed E-state index contributed by atoms with van der Waals surface area (Å²) in [7, 11) is 0. The Hall–Kier alpha value is -1.99. The Morgan fingerprint density at radius 1 is 1.18 bits per heavy atom. The minimum atomic E-state index is -0.469. The molecule has 0 saturated carbocycles. The number of hydrogen-bond donors (Lipinski definition) is 1. The van der Waals surface area contributed by atoms with Gasteiger partial charge < -0.3 is 24.6 Å². The van der Waals surface area contributed by atoms with Crippen LogP contribution in [-0.4, -0.2) is 78.8 Å². The van der Waals surface area contributed by atoms with Gasteiger partial charge in [-0.1, -0.05) is 12.8 Å². The lowest BCUT2D eigenvalue weighted by molar-refractivity contribution is -0.143. The molecule has 28 heavy (non-hydrogen) atoms. The van der Waals surface area contributed by atoms with Gasteiger partial charge >= 0.3 is 12.1 Å². The van der Waals surface area contributed by atoms with Gasteiger partial charge in [-0.25, -0.2) is 4.79 Å². The van der Waals surface area contributed by atoms with Crippen molar-refractivity contribution in [3.63, 3.8) is 0 Å². The highest BCUT2D eigenvalue weighted by Gasteiger charge is 2.36. The van der Waals surface area contributed by atoms with Gasteiger partial charge in [0, 0.05) is 32.6 Å². The van der Waals surface area contributed by atoms with Gasteiger partial charge in [0.25, 0.3) is 0 Å². The Morgan fingerprint density at radius 3 is 2.64 bits per heavy atom. The number of carbonyl (C=O) groups is 2. The summed E-state index contributed by atoms with van der Waals surface area (Å²) in [6.07, 6.45) is 4.31. The number of fused-ring (bicyclic) bond motifs is 1. The van der Waals surface area contributed by atoms with Crippen molar-refractivity contribution in [3.8, 4) is 0 Å². The van der Waals surface area contributed by atoms with Crippen LogP contribution in [0, 0.1) is 0 Å². The molecule has 0 radical (unpaired) electrons. The third-order valence-corrected chi connectivity index (χ3v) is 4.75. The number of guanidine groups is 1. The summed E-state index contributed by atoms with van der Waals surface area (Å²) in [4.78, 5) is 32.2. The van der Waals surface area contributed by atoms with E-state index in [1.54, 1.807) is 4.90 Å². The molecule has 2 aliphatic rings. The molecule has 1 fully saturated rings. The van der Waals surface area contributed by atoms with Crippen molar-refractivity contribution in [2.24, 2.45) is 4.99 Å². The average Bonchev–Trinajstić information content (AvgIpc) is 3.02. The summed E-state index contributed by atoms with van der Waals surface area (Å²) in [5, 5.41) is 3.43. The van der Waals surface area contributed by atoms with E-state index in [9.17, 15) is 9.59 Å². The van der Waals surface area contributed by atoms with Crippen LogP contribution in [0.15, 0.2) is 4.99 Å². The standard InChI is InChI=1S/C20H36N4O4/c1-5-27-17(25)10-8-6-7-9-11-21-18-22-14-16-15-23(12-13-24(16)18)19(26)28-20(2,3)4/h16H,5-15H2,1-4H3,(H,21,22). The molecular weight excluding hydrogens is 360 g/mol. The second-order valence-corrected chi connectivity index (χ2v) is 8.33. The minimum Gasteiger partial charge on any atom is -0.466 e. The van der Waals surface area contributed by atoms with Crippen LogP contribution >= 0.6 is 0 Å². The zero-order valence-corrected chi connectivity index (χ0v) is 17.8. The molecule has 8 heteroatoms. The number of unbranched alkanes of at least 4 members (excludes halogenated alkanes) is 3. The van der Waals surface area contributed by atoms with Gasteiger partial charge in [-0.2, -0.15) is 0 Å². The number of esters is 1. The Bertz CT molecular complexity index is 559. The van der Waals surface area contributed by atoms with Gasteiger partial charge in [0.2, 0.25) is 0 Å². The molecule has 2 aliphatic heterocycles. The smallest absolute Gasteiger partial charge is 0.410 e. The Kier molecular flexibility index (Phi) is 8.38. The first kappa shape index (κ1) is 22.3. The first-order chi connectivity index (χ1) is 13.3. The van der Waals surface area contributed by atoms with Crippen LogP contribution < -0.4 is 5.32 Å². The van der Waals surface area contributed by atoms with Crippen molar-refractivity contribution in [2.75, 3.05) is 39.3 Å². The lowest BCUT2D eigenvalue weighted by Gasteiger charge is -2.39. The van der Waals surface area contributed by atoms with Crippen molar-refractivity contribution < 1.29 is 19.1 Å². The van der Waals surface area contributed by atoms with E-state index in [1.807, 2.05) is 27.7 Å². The summed E-state index contributed by atoms with van der Waals surface area (Å²) >= 11 is 0. The fourth-order valence-electron chi connectivity index (χ4n) is 3.40. The molecule has 0 spiro atoms. The molecule has 1 saturated heterocycles. The highest BCUT2D eigenvalue weighted by atomic mass is 16.6. The van der Waals surface area contributed by atoms with Crippen molar-refractivity contribution in [2.45, 2.75) is 71.4 Å². The third kappa shape index (κ3) is 7.20. The van der Waals surface area contributed by atoms with Crippen LogP contribution in [0.25, 0.3) is 0 Å². The topological polar surface area (TPSA) is 83.5 Å². The molecule has 8 nitrogen and oxygen atoms in total. The van der Waals surface area contributed by atoms with Crippen LogP contribution in [0.2, 0.25) is 0 Å². The number of aliphatic imine (C=N–C) groups is 1. The molecule has 2 rings (SSSR count). The molecule has 1 N–H and O–H groups in total. The van der Waals surface area contributed by atoms with E-state index in [4.69, 9.17) is 9.47 Å². The summed E-state index contributed by atoms with van der Waals surface area (Å²) in [6.45, 7) is 11.6. The van der Waals surface area contributed by atoms with Crippen molar-refractivity contribution in [1.82, 2.24) is 15.1 Å². The predicted octanol–water partition coefficient (Wildman–Crippen LogP) is 2.38. The maximum Gasteiger partial charge on any atom is 0.410 e. The number of ether oxygens (including phenoxy) is 2.